The van der Waals surface area contributed by atoms with E-state index in [2.05, 4.69) is 4.72 Å². The van der Waals surface area contributed by atoms with E-state index in [4.69, 9.17) is 16.9 Å². The molecule has 102 valence electrons. The van der Waals surface area contributed by atoms with Gasteiger partial charge in [-0.05, 0) is 36.8 Å². The molecule has 0 spiro atoms. The van der Waals surface area contributed by atoms with Crippen LogP contribution in [0.3, 0.4) is 0 Å². The largest absolute Gasteiger partial charge is 0.279 e. The summed E-state index contributed by atoms with van der Waals surface area (Å²) in [5, 5.41) is 9.45. The number of nitrogens with one attached hydrogen (secondary N) is 1. The number of nitrogens with zero attached hydrogens (tertiary/aromatic N) is 1. The second-order valence-electron chi connectivity index (χ2n) is 4.13. The zero-order chi connectivity index (χ0) is 14.8. The lowest BCUT2D eigenvalue weighted by molar-refractivity contribution is 0.601. The van der Waals surface area contributed by atoms with Crippen LogP contribution < -0.4 is 4.72 Å². The van der Waals surface area contributed by atoms with Crippen LogP contribution in [-0.4, -0.2) is 8.42 Å². The van der Waals surface area contributed by atoms with E-state index in [1.54, 1.807) is 37.3 Å². The molecular weight excluding hydrogens is 296 g/mol. The van der Waals surface area contributed by atoms with Crippen molar-refractivity contribution in [2.75, 3.05) is 4.72 Å². The Hall–Kier alpha value is -2.03. The third-order valence-electron chi connectivity index (χ3n) is 2.81. The average molecular weight is 307 g/mol. The molecule has 4 nitrogen and oxygen atoms in total. The lowest BCUT2D eigenvalue weighted by atomic mass is 10.2. The van der Waals surface area contributed by atoms with Crippen LogP contribution in [0.25, 0.3) is 0 Å². The minimum Gasteiger partial charge on any atom is -0.279 e. The van der Waals surface area contributed by atoms with Gasteiger partial charge in [-0.1, -0.05) is 29.8 Å². The number of rotatable bonds is 3. The fraction of sp³-hybridized carbons (Fsp3) is 0.0714. The van der Waals surface area contributed by atoms with Crippen LogP contribution in [0.4, 0.5) is 5.69 Å². The lowest BCUT2D eigenvalue weighted by Gasteiger charge is -2.12. The molecule has 0 bridgehead atoms. The van der Waals surface area contributed by atoms with Gasteiger partial charge in [-0.25, -0.2) is 8.42 Å². The molecular formula is C14H11ClN2O2S. The van der Waals surface area contributed by atoms with Crippen LogP contribution in [0.2, 0.25) is 5.02 Å². The molecule has 1 N–H and O–H groups in total. The van der Waals surface area contributed by atoms with Crippen LogP contribution >= 0.6 is 11.6 Å². The fourth-order valence-electron chi connectivity index (χ4n) is 1.71. The summed E-state index contributed by atoms with van der Waals surface area (Å²) in [7, 11) is -3.83. The summed E-state index contributed by atoms with van der Waals surface area (Å²) in [5.74, 6) is 0. The Bertz CT molecular complexity index is 795. The van der Waals surface area contributed by atoms with Gasteiger partial charge in [0.15, 0.2) is 0 Å². The van der Waals surface area contributed by atoms with Crippen LogP contribution in [0.1, 0.15) is 11.1 Å². The van der Waals surface area contributed by atoms with Gasteiger partial charge < -0.3 is 0 Å². The molecule has 0 aliphatic heterocycles. The van der Waals surface area contributed by atoms with Crippen molar-refractivity contribution in [1.29, 1.82) is 5.26 Å². The topological polar surface area (TPSA) is 70.0 Å². The molecule has 0 unspecified atom stereocenters. The number of hydrogen-bond acceptors (Lipinski definition) is 3. The summed E-state index contributed by atoms with van der Waals surface area (Å²) < 4.78 is 27.1. The van der Waals surface area contributed by atoms with E-state index in [-0.39, 0.29) is 10.5 Å². The van der Waals surface area contributed by atoms with Crippen molar-refractivity contribution in [1.82, 2.24) is 0 Å². The molecule has 0 fully saturated rings. The van der Waals surface area contributed by atoms with Crippen molar-refractivity contribution in [3.05, 3.63) is 58.6 Å². The van der Waals surface area contributed by atoms with E-state index in [1.165, 1.54) is 12.1 Å². The van der Waals surface area contributed by atoms with Crippen molar-refractivity contribution in [3.63, 3.8) is 0 Å². The predicted octanol–water partition coefficient (Wildman–Crippen LogP) is 3.32. The first kappa shape index (κ1) is 14.4. The molecule has 0 radical (unpaired) electrons. The number of sulfonamides is 1. The van der Waals surface area contributed by atoms with Crippen molar-refractivity contribution >= 4 is 27.3 Å². The van der Waals surface area contributed by atoms with E-state index in [9.17, 15) is 8.42 Å². The van der Waals surface area contributed by atoms with E-state index < -0.39 is 10.0 Å². The minimum absolute atomic E-state index is 0.0538. The maximum atomic E-state index is 12.3. The Kier molecular flexibility index (Phi) is 3.98. The number of hydrogen-bond donors (Lipinski definition) is 1. The Balaban J connectivity index is 2.47. The van der Waals surface area contributed by atoms with Gasteiger partial charge in [0.05, 0.1) is 11.3 Å². The molecule has 2 aromatic rings. The summed E-state index contributed by atoms with van der Waals surface area (Å²) in [6, 6.07) is 12.9. The first-order chi connectivity index (χ1) is 9.45. The number of nitriles is 1. The van der Waals surface area contributed by atoms with Crippen molar-refractivity contribution in [2.24, 2.45) is 0 Å². The molecule has 0 atom stereocenters. The van der Waals surface area contributed by atoms with E-state index in [0.29, 0.717) is 16.3 Å². The Morgan fingerprint density at radius 2 is 1.85 bits per heavy atom. The molecule has 0 aliphatic rings. The zero-order valence-corrected chi connectivity index (χ0v) is 12.2. The standard InChI is InChI=1S/C14H11ClN2O2S/c1-10-12(15)6-4-7-13(10)17-20(18,19)14-8-3-2-5-11(14)9-16/h2-8,17H,1H3. The van der Waals surface area contributed by atoms with Gasteiger partial charge in [0.2, 0.25) is 0 Å². The normalized spacial score (nSPS) is 10.8. The maximum absolute atomic E-state index is 12.3. The Morgan fingerprint density at radius 1 is 1.15 bits per heavy atom. The van der Waals surface area contributed by atoms with Crippen molar-refractivity contribution < 1.29 is 8.42 Å². The number of halogens is 1. The van der Waals surface area contributed by atoms with E-state index in [0.717, 1.165) is 0 Å². The van der Waals surface area contributed by atoms with Gasteiger partial charge >= 0.3 is 0 Å². The van der Waals surface area contributed by atoms with Crippen molar-refractivity contribution in [2.45, 2.75) is 11.8 Å². The van der Waals surface area contributed by atoms with Gasteiger partial charge in [0.25, 0.3) is 10.0 Å². The highest BCUT2D eigenvalue weighted by Gasteiger charge is 2.19. The molecule has 0 amide bonds. The predicted molar refractivity (Wildman–Crippen MR) is 78.2 cm³/mol. The maximum Gasteiger partial charge on any atom is 0.263 e. The van der Waals surface area contributed by atoms with Gasteiger partial charge in [0.1, 0.15) is 11.0 Å². The highest BCUT2D eigenvalue weighted by atomic mass is 35.5. The molecule has 0 saturated heterocycles. The smallest absolute Gasteiger partial charge is 0.263 e. The molecule has 2 aromatic carbocycles. The average Bonchev–Trinajstić information content (AvgIpc) is 2.43. The second kappa shape index (κ2) is 5.53. The zero-order valence-electron chi connectivity index (χ0n) is 10.6. The summed E-state index contributed by atoms with van der Waals surface area (Å²) >= 11 is 5.96. The molecule has 0 saturated carbocycles. The van der Waals surface area contributed by atoms with Crippen molar-refractivity contribution in [3.8, 4) is 6.07 Å². The third kappa shape index (κ3) is 2.77. The van der Waals surface area contributed by atoms with Gasteiger partial charge in [-0.15, -0.1) is 0 Å². The van der Waals surface area contributed by atoms with Crippen LogP contribution in [-0.2, 0) is 10.0 Å². The third-order valence-corrected chi connectivity index (χ3v) is 4.64. The molecule has 6 heteroatoms. The molecule has 0 heterocycles. The minimum atomic E-state index is -3.83. The molecule has 2 rings (SSSR count). The SMILES string of the molecule is Cc1c(Cl)cccc1NS(=O)(=O)c1ccccc1C#N. The summed E-state index contributed by atoms with van der Waals surface area (Å²) in [6.07, 6.45) is 0. The highest BCUT2D eigenvalue weighted by Crippen LogP contribution is 2.26. The van der Waals surface area contributed by atoms with Gasteiger partial charge in [-0.3, -0.25) is 4.72 Å². The van der Waals surface area contributed by atoms with Gasteiger partial charge in [-0.2, -0.15) is 5.26 Å². The molecule has 0 aliphatic carbocycles. The second-order valence-corrected chi connectivity index (χ2v) is 6.18. The summed E-state index contributed by atoms with van der Waals surface area (Å²) in [6.45, 7) is 1.72. The lowest BCUT2D eigenvalue weighted by Crippen LogP contribution is -2.15. The Morgan fingerprint density at radius 3 is 2.55 bits per heavy atom. The van der Waals surface area contributed by atoms with Gasteiger partial charge in [0, 0.05) is 5.02 Å². The fourth-order valence-corrected chi connectivity index (χ4v) is 3.17. The van der Waals surface area contributed by atoms with Crippen LogP contribution in [0.15, 0.2) is 47.4 Å². The first-order valence-electron chi connectivity index (χ1n) is 5.73. The summed E-state index contributed by atoms with van der Waals surface area (Å²) in [4.78, 5) is -0.0538. The first-order valence-corrected chi connectivity index (χ1v) is 7.59. The molecule has 20 heavy (non-hydrogen) atoms. The summed E-state index contributed by atoms with van der Waals surface area (Å²) in [5.41, 5.74) is 1.12. The quantitative estimate of drug-likeness (QED) is 0.945. The van der Waals surface area contributed by atoms with Crippen LogP contribution in [0.5, 0.6) is 0 Å². The molecule has 0 aromatic heterocycles. The number of anilines is 1. The highest BCUT2D eigenvalue weighted by molar-refractivity contribution is 7.92. The van der Waals surface area contributed by atoms with E-state index in [1.807, 2.05) is 6.07 Å². The monoisotopic (exact) mass is 306 g/mol. The van der Waals surface area contributed by atoms with E-state index >= 15 is 0 Å². The number of benzene rings is 2. The van der Waals surface area contributed by atoms with Crippen LogP contribution in [0, 0.1) is 18.3 Å². The Labute approximate surface area is 122 Å².